The first kappa shape index (κ1) is 8.47. The average Bonchev–Trinajstić information content (AvgIpc) is 1.94. The number of hydrogen-bond acceptors (Lipinski definition) is 2. The summed E-state index contributed by atoms with van der Waals surface area (Å²) in [5.74, 6) is 0.461. The van der Waals surface area contributed by atoms with Crippen LogP contribution in [0, 0.1) is 6.92 Å². The molecule has 0 radical (unpaired) electrons. The van der Waals surface area contributed by atoms with Gasteiger partial charge in [-0.2, -0.15) is 5.10 Å². The number of aryl methyl sites for hydroxylation is 1. The Balaban J connectivity index is 3.13. The lowest BCUT2D eigenvalue weighted by Gasteiger charge is -2.06. The SMILES string of the molecule is Cc1nnc(Cl)cc1C(C)C. The van der Waals surface area contributed by atoms with Crippen molar-refractivity contribution in [3.63, 3.8) is 0 Å². The van der Waals surface area contributed by atoms with Crippen LogP contribution in [0.2, 0.25) is 5.15 Å². The number of nitrogens with zero attached hydrogens (tertiary/aromatic N) is 2. The maximum absolute atomic E-state index is 5.69. The highest BCUT2D eigenvalue weighted by molar-refractivity contribution is 6.29. The standard InChI is InChI=1S/C8H11ClN2/c1-5(2)7-4-8(9)11-10-6(7)3/h4-5H,1-3H3. The van der Waals surface area contributed by atoms with Crippen molar-refractivity contribution in [1.82, 2.24) is 10.2 Å². The molecular weight excluding hydrogens is 160 g/mol. The summed E-state index contributed by atoms with van der Waals surface area (Å²) < 4.78 is 0. The molecule has 1 heterocycles. The van der Waals surface area contributed by atoms with Crippen molar-refractivity contribution in [2.45, 2.75) is 26.7 Å². The Hall–Kier alpha value is -0.630. The third kappa shape index (κ3) is 1.90. The predicted molar refractivity (Wildman–Crippen MR) is 45.9 cm³/mol. The van der Waals surface area contributed by atoms with E-state index in [-0.39, 0.29) is 0 Å². The zero-order valence-electron chi connectivity index (χ0n) is 6.93. The van der Waals surface area contributed by atoms with E-state index >= 15 is 0 Å². The lowest BCUT2D eigenvalue weighted by atomic mass is 10.0. The first-order chi connectivity index (χ1) is 5.11. The number of aromatic nitrogens is 2. The van der Waals surface area contributed by atoms with Crippen LogP contribution in [-0.2, 0) is 0 Å². The van der Waals surface area contributed by atoms with E-state index < -0.39 is 0 Å². The molecule has 0 bridgehead atoms. The summed E-state index contributed by atoms with van der Waals surface area (Å²) in [7, 11) is 0. The van der Waals surface area contributed by atoms with Gasteiger partial charge in [-0.3, -0.25) is 0 Å². The quantitative estimate of drug-likeness (QED) is 0.648. The molecule has 0 N–H and O–H groups in total. The molecule has 1 rings (SSSR count). The second-order valence-electron chi connectivity index (χ2n) is 2.86. The van der Waals surface area contributed by atoms with E-state index in [4.69, 9.17) is 11.6 Å². The van der Waals surface area contributed by atoms with Crippen LogP contribution in [0.4, 0.5) is 0 Å². The molecule has 0 amide bonds. The molecule has 0 fully saturated rings. The molecule has 0 saturated carbocycles. The van der Waals surface area contributed by atoms with Crippen molar-refractivity contribution in [3.8, 4) is 0 Å². The van der Waals surface area contributed by atoms with Crippen molar-refractivity contribution >= 4 is 11.6 Å². The van der Waals surface area contributed by atoms with Crippen molar-refractivity contribution in [2.75, 3.05) is 0 Å². The van der Waals surface area contributed by atoms with Crippen LogP contribution in [0.25, 0.3) is 0 Å². The summed E-state index contributed by atoms with van der Waals surface area (Å²) in [6.07, 6.45) is 0. The third-order valence-electron chi connectivity index (χ3n) is 1.61. The Bertz CT molecular complexity index is 258. The maximum Gasteiger partial charge on any atom is 0.152 e. The fourth-order valence-corrected chi connectivity index (χ4v) is 1.18. The molecule has 11 heavy (non-hydrogen) atoms. The first-order valence-corrected chi connectivity index (χ1v) is 3.98. The van der Waals surface area contributed by atoms with E-state index in [1.807, 2.05) is 13.0 Å². The van der Waals surface area contributed by atoms with Crippen LogP contribution >= 0.6 is 11.6 Å². The molecular formula is C8H11ClN2. The van der Waals surface area contributed by atoms with Crippen LogP contribution in [0.5, 0.6) is 0 Å². The van der Waals surface area contributed by atoms with E-state index in [9.17, 15) is 0 Å². The van der Waals surface area contributed by atoms with Gasteiger partial charge in [0, 0.05) is 0 Å². The van der Waals surface area contributed by atoms with E-state index in [1.165, 1.54) is 5.56 Å². The molecule has 0 spiro atoms. The average molecular weight is 171 g/mol. The van der Waals surface area contributed by atoms with Gasteiger partial charge in [-0.25, -0.2) is 0 Å². The first-order valence-electron chi connectivity index (χ1n) is 3.61. The number of hydrogen-bond donors (Lipinski definition) is 0. The van der Waals surface area contributed by atoms with Gasteiger partial charge in [0.25, 0.3) is 0 Å². The monoisotopic (exact) mass is 170 g/mol. The highest BCUT2D eigenvalue weighted by Crippen LogP contribution is 2.18. The van der Waals surface area contributed by atoms with Crippen LogP contribution in [-0.4, -0.2) is 10.2 Å². The highest BCUT2D eigenvalue weighted by atomic mass is 35.5. The summed E-state index contributed by atoms with van der Waals surface area (Å²) in [5.41, 5.74) is 2.13. The van der Waals surface area contributed by atoms with Gasteiger partial charge in [-0.05, 0) is 24.5 Å². The van der Waals surface area contributed by atoms with Gasteiger partial charge in [-0.1, -0.05) is 25.4 Å². The molecule has 0 aromatic carbocycles. The minimum Gasteiger partial charge on any atom is -0.154 e. The van der Waals surface area contributed by atoms with E-state index in [0.717, 1.165) is 5.69 Å². The van der Waals surface area contributed by atoms with Gasteiger partial charge < -0.3 is 0 Å². The van der Waals surface area contributed by atoms with Crippen molar-refractivity contribution < 1.29 is 0 Å². The Morgan fingerprint density at radius 3 is 2.45 bits per heavy atom. The molecule has 0 aliphatic heterocycles. The Morgan fingerprint density at radius 2 is 2.00 bits per heavy atom. The largest absolute Gasteiger partial charge is 0.154 e. The normalized spacial score (nSPS) is 10.6. The van der Waals surface area contributed by atoms with Crippen molar-refractivity contribution in [1.29, 1.82) is 0 Å². The lowest BCUT2D eigenvalue weighted by molar-refractivity contribution is 0.819. The van der Waals surface area contributed by atoms with Gasteiger partial charge in [0.05, 0.1) is 5.69 Å². The Kier molecular flexibility index (Phi) is 2.45. The zero-order valence-corrected chi connectivity index (χ0v) is 7.68. The second kappa shape index (κ2) is 3.18. The van der Waals surface area contributed by atoms with E-state index in [0.29, 0.717) is 11.1 Å². The summed E-state index contributed by atoms with van der Waals surface area (Å²) in [5, 5.41) is 8.13. The summed E-state index contributed by atoms with van der Waals surface area (Å²) >= 11 is 5.69. The van der Waals surface area contributed by atoms with E-state index in [1.54, 1.807) is 0 Å². The van der Waals surface area contributed by atoms with Crippen LogP contribution in [0.1, 0.15) is 31.0 Å². The molecule has 0 aliphatic rings. The van der Waals surface area contributed by atoms with Crippen molar-refractivity contribution in [2.24, 2.45) is 0 Å². The van der Waals surface area contributed by atoms with Crippen LogP contribution < -0.4 is 0 Å². The van der Waals surface area contributed by atoms with Gasteiger partial charge in [-0.15, -0.1) is 5.10 Å². The zero-order chi connectivity index (χ0) is 8.43. The van der Waals surface area contributed by atoms with Gasteiger partial charge in [0.15, 0.2) is 5.15 Å². The fraction of sp³-hybridized carbons (Fsp3) is 0.500. The predicted octanol–water partition coefficient (Wildman–Crippen LogP) is 2.56. The number of rotatable bonds is 1. The molecule has 60 valence electrons. The minimum absolute atomic E-state index is 0.461. The van der Waals surface area contributed by atoms with E-state index in [2.05, 4.69) is 24.0 Å². The van der Waals surface area contributed by atoms with Crippen LogP contribution in [0.15, 0.2) is 6.07 Å². The number of halogens is 1. The minimum atomic E-state index is 0.461. The molecule has 0 atom stereocenters. The molecule has 0 saturated heterocycles. The topological polar surface area (TPSA) is 25.8 Å². The third-order valence-corrected chi connectivity index (χ3v) is 1.79. The second-order valence-corrected chi connectivity index (χ2v) is 3.25. The Labute approximate surface area is 71.6 Å². The van der Waals surface area contributed by atoms with Crippen LogP contribution in [0.3, 0.4) is 0 Å². The molecule has 3 heteroatoms. The summed E-state index contributed by atoms with van der Waals surface area (Å²) in [6, 6.07) is 1.87. The molecule has 1 aromatic heterocycles. The maximum atomic E-state index is 5.69. The molecule has 0 unspecified atom stereocenters. The van der Waals surface area contributed by atoms with Crippen molar-refractivity contribution in [3.05, 3.63) is 22.5 Å². The van der Waals surface area contributed by atoms with Gasteiger partial charge in [0.2, 0.25) is 0 Å². The lowest BCUT2D eigenvalue weighted by Crippen LogP contribution is -1.97. The summed E-state index contributed by atoms with van der Waals surface area (Å²) in [4.78, 5) is 0. The van der Waals surface area contributed by atoms with Gasteiger partial charge in [0.1, 0.15) is 0 Å². The molecule has 1 aromatic rings. The summed E-state index contributed by atoms with van der Waals surface area (Å²) in [6.45, 7) is 6.17. The smallest absolute Gasteiger partial charge is 0.152 e. The highest BCUT2D eigenvalue weighted by Gasteiger charge is 2.05. The molecule has 2 nitrogen and oxygen atoms in total. The van der Waals surface area contributed by atoms with Gasteiger partial charge >= 0.3 is 0 Å². The molecule has 0 aliphatic carbocycles. The fourth-order valence-electron chi connectivity index (χ4n) is 1.03. The Morgan fingerprint density at radius 1 is 1.36 bits per heavy atom.